The summed E-state index contributed by atoms with van der Waals surface area (Å²) in [6.07, 6.45) is 0. The lowest BCUT2D eigenvalue weighted by Gasteiger charge is -2.33. The van der Waals surface area contributed by atoms with E-state index in [0.29, 0.717) is 32.9 Å². The summed E-state index contributed by atoms with van der Waals surface area (Å²) < 4.78 is 6.03. The molecule has 586 valence electrons. The highest BCUT2D eigenvalue weighted by Crippen LogP contribution is 2.70. The zero-order chi connectivity index (χ0) is 82.1. The standard InChI is InChI=1S/C102H80N8O8P2/c1-61(69-55-27-35-65-31-5-9-39-73(65)69)103-91(111)77-43-13-21-51-85(77)99-107-95(115)81-47-17-18-48-82(81)96(116)108(107)100(86-52-22-14-44-78(86)92(112)104-62(2)70-56-28-36-66-32-6-10-40-74(66)70)119(99)89-59-25-26-60-90(89)120-101(87-53-23-15-45-79(87)93(113)105-63(3)71-57-29-37-67-33-7-11-41-75(67)71)109-97(117)83-49-19-20-50-84(83)98(118)110(109)102(120)88-54-24-16-46-80(88)94(114)106-64(4)72-58-30-38-68-34-8-12-42-76(68)72/h5-64,99-102H,1-4H3,(H,103,111)(H,104,112)(H,105,113)(H,106,114)/t61-,62-,63-,64-,99+,100+,101+,102+/m0/s1. The normalized spacial score (nSPS) is 16.2. The van der Waals surface area contributed by atoms with Gasteiger partial charge in [-0.15, -0.1) is 0 Å². The highest BCUT2D eigenvalue weighted by Gasteiger charge is 2.53. The van der Waals surface area contributed by atoms with Crippen LogP contribution in [0.2, 0.25) is 0 Å². The molecule has 4 heterocycles. The van der Waals surface area contributed by atoms with Crippen molar-refractivity contribution in [1.82, 2.24) is 40.0 Å². The van der Waals surface area contributed by atoms with Crippen molar-refractivity contribution in [3.05, 3.63) is 448 Å². The van der Waals surface area contributed by atoms with Crippen molar-refractivity contribution in [3.8, 4) is 0 Å². The summed E-state index contributed by atoms with van der Waals surface area (Å²) in [6, 6.07) is 103. The second-order valence-corrected chi connectivity index (χ2v) is 35.4. The number of carbonyl (C=O) groups excluding carboxylic acids is 4. The Bertz CT molecular complexity index is 6480. The van der Waals surface area contributed by atoms with E-state index in [1.807, 2.05) is 270 Å². The molecular weight excluding hydrogens is 1530 g/mol. The van der Waals surface area contributed by atoms with Gasteiger partial charge in [-0.3, -0.25) is 38.4 Å². The number of hydrogen-bond acceptors (Lipinski definition) is 8. The number of benzene rings is 15. The zero-order valence-corrected chi connectivity index (χ0v) is 67.7. The quantitative estimate of drug-likeness (QED) is 0.0607. The molecule has 0 radical (unpaired) electrons. The van der Waals surface area contributed by atoms with Crippen LogP contribution >= 0.6 is 15.8 Å². The van der Waals surface area contributed by atoms with Crippen molar-refractivity contribution in [2.24, 2.45) is 0 Å². The van der Waals surface area contributed by atoms with Crippen LogP contribution in [0.25, 0.3) is 64.6 Å². The Morgan fingerprint density at radius 3 is 0.650 bits per heavy atom. The van der Waals surface area contributed by atoms with Crippen LogP contribution in [0.15, 0.2) is 359 Å². The Balaban J connectivity index is 0.879. The molecule has 0 spiro atoms. The highest BCUT2D eigenvalue weighted by molar-refractivity contribution is 7.72. The van der Waals surface area contributed by atoms with Crippen LogP contribution in [0.3, 0.4) is 0 Å². The molecule has 8 atom stereocenters. The lowest BCUT2D eigenvalue weighted by Crippen LogP contribution is -2.38. The second-order valence-electron chi connectivity index (χ2n) is 30.9. The van der Waals surface area contributed by atoms with Gasteiger partial charge in [-0.05, 0) is 190 Å². The molecule has 0 aliphatic carbocycles. The van der Waals surface area contributed by atoms with E-state index in [0.717, 1.165) is 65.3 Å². The van der Waals surface area contributed by atoms with Gasteiger partial charge < -0.3 is 21.3 Å². The molecule has 4 amide bonds. The molecule has 17 aromatic rings. The summed E-state index contributed by atoms with van der Waals surface area (Å²) in [7, 11) is -4.86. The Labute approximate surface area is 692 Å². The number of rotatable bonds is 18. The Hall–Kier alpha value is -14.0. The SMILES string of the molecule is C[C@H](NC(=O)c1ccccc1[C@@H]1n2c(=O)c3ccccc3c(=O)n2[C@@H](c2ccccc2C(=O)N[C@@H](C)c2cccc3ccccc23)P1c1ccccc1P1[C@H](c2ccccc2C(=O)N[C@@H](C)c2cccc3ccccc23)n2c(=O)c3ccccc3c(=O)n2[C@H]1c1ccccc1C(=O)N[C@@H](C)c1cccc2ccccc12)c1cccc2ccccc12. The molecule has 2 aliphatic rings. The maximum Gasteiger partial charge on any atom is 0.274 e. The van der Waals surface area contributed by atoms with Gasteiger partial charge in [-0.2, -0.15) is 0 Å². The lowest BCUT2D eigenvalue weighted by molar-refractivity contribution is 0.0930. The van der Waals surface area contributed by atoms with Crippen LogP contribution in [0, 0.1) is 0 Å². The van der Waals surface area contributed by atoms with Crippen molar-refractivity contribution < 1.29 is 19.2 Å². The Morgan fingerprint density at radius 1 is 0.233 bits per heavy atom. The van der Waals surface area contributed by atoms with E-state index in [-0.39, 0.29) is 43.8 Å². The van der Waals surface area contributed by atoms with Gasteiger partial charge >= 0.3 is 0 Å². The van der Waals surface area contributed by atoms with E-state index >= 15 is 38.4 Å². The number of fused-ring (bicyclic) bond motifs is 8. The van der Waals surface area contributed by atoms with Crippen LogP contribution in [0.1, 0.15) is 161 Å². The summed E-state index contributed by atoms with van der Waals surface area (Å²) in [4.78, 5) is 132. The summed E-state index contributed by atoms with van der Waals surface area (Å²) in [5.74, 6) is -6.94. The molecule has 0 saturated carbocycles. The van der Waals surface area contributed by atoms with Gasteiger partial charge in [-0.1, -0.05) is 291 Å². The predicted octanol–water partition coefficient (Wildman–Crippen LogP) is 19.0. The average Bonchev–Trinajstić information content (AvgIpc) is 1.52. The predicted molar refractivity (Wildman–Crippen MR) is 482 cm³/mol. The van der Waals surface area contributed by atoms with E-state index in [1.165, 1.54) is 18.7 Å². The molecule has 120 heavy (non-hydrogen) atoms. The molecule has 18 heteroatoms. The fourth-order valence-electron chi connectivity index (χ4n) is 18.4. The molecule has 16 nitrogen and oxygen atoms in total. The first-order chi connectivity index (χ1) is 58.6. The summed E-state index contributed by atoms with van der Waals surface area (Å²) in [6.45, 7) is 7.73. The smallest absolute Gasteiger partial charge is 0.274 e. The van der Waals surface area contributed by atoms with Gasteiger partial charge in [0, 0.05) is 22.3 Å². The van der Waals surface area contributed by atoms with Gasteiger partial charge in [-0.25, -0.2) is 18.7 Å². The van der Waals surface area contributed by atoms with Gasteiger partial charge in [0.2, 0.25) is 0 Å². The third-order valence-electron chi connectivity index (χ3n) is 24.0. The molecule has 19 rings (SSSR count). The van der Waals surface area contributed by atoms with Gasteiger partial charge in [0.25, 0.3) is 45.9 Å². The van der Waals surface area contributed by atoms with Gasteiger partial charge in [0.05, 0.1) is 45.7 Å². The number of hydrogen-bond donors (Lipinski definition) is 4. The molecule has 0 fully saturated rings. The number of nitrogens with one attached hydrogen (secondary N) is 4. The maximum atomic E-state index is 16.8. The minimum atomic E-state index is -2.43. The number of aromatic nitrogens is 4. The maximum absolute atomic E-state index is 16.8. The van der Waals surface area contributed by atoms with Crippen LogP contribution in [0.5, 0.6) is 0 Å². The van der Waals surface area contributed by atoms with E-state index in [4.69, 9.17) is 0 Å². The van der Waals surface area contributed by atoms with Gasteiger partial charge in [0.15, 0.2) is 0 Å². The first-order valence-corrected chi connectivity index (χ1v) is 43.3. The van der Waals surface area contributed by atoms with Crippen molar-refractivity contribution in [2.75, 3.05) is 0 Å². The van der Waals surface area contributed by atoms with Crippen molar-refractivity contribution in [1.29, 1.82) is 0 Å². The average molecular weight is 1610 g/mol. The van der Waals surface area contributed by atoms with E-state index < -0.39 is 109 Å². The third kappa shape index (κ3) is 13.0. The first kappa shape index (κ1) is 76.0. The van der Waals surface area contributed by atoms with Crippen LogP contribution < -0.4 is 54.1 Å². The highest BCUT2D eigenvalue weighted by atomic mass is 31.1. The van der Waals surface area contributed by atoms with Crippen LogP contribution in [-0.2, 0) is 0 Å². The minimum Gasteiger partial charge on any atom is -0.345 e. The topological polar surface area (TPSA) is 204 Å². The van der Waals surface area contributed by atoms with E-state index in [2.05, 4.69) is 21.3 Å². The molecule has 4 N–H and O–H groups in total. The third-order valence-corrected chi connectivity index (χ3v) is 30.1. The molecule has 15 aromatic carbocycles. The molecule has 0 saturated heterocycles. The monoisotopic (exact) mass is 1610 g/mol. The molecular formula is C102H80N8O8P2. The summed E-state index contributed by atoms with van der Waals surface area (Å²) in [5, 5.41) is 22.8. The lowest BCUT2D eigenvalue weighted by atomic mass is 9.99. The number of carbonyl (C=O) groups is 4. The molecule has 2 aromatic heterocycles. The fourth-order valence-corrected chi connectivity index (χ4v) is 25.8. The zero-order valence-electron chi connectivity index (χ0n) is 65.9. The second kappa shape index (κ2) is 31.4. The summed E-state index contributed by atoms with van der Waals surface area (Å²) in [5.41, 5.74) is 3.55. The molecule has 2 aliphatic heterocycles. The van der Waals surface area contributed by atoms with E-state index in [1.54, 1.807) is 97.1 Å². The van der Waals surface area contributed by atoms with Crippen molar-refractivity contribution >= 4 is 115 Å². The van der Waals surface area contributed by atoms with E-state index in [9.17, 15) is 0 Å². The van der Waals surface area contributed by atoms with Crippen LogP contribution in [-0.4, -0.2) is 42.4 Å². The fraction of sp³-hybridized carbons (Fsp3) is 0.118. The number of amides is 4. The minimum absolute atomic E-state index is 0.116. The van der Waals surface area contributed by atoms with Crippen LogP contribution in [0.4, 0.5) is 0 Å². The molecule has 0 unspecified atom stereocenters. The van der Waals surface area contributed by atoms with Gasteiger partial charge in [0.1, 0.15) is 23.1 Å². The van der Waals surface area contributed by atoms with Crippen molar-refractivity contribution in [3.63, 3.8) is 0 Å². The largest absolute Gasteiger partial charge is 0.345 e. The van der Waals surface area contributed by atoms with Crippen molar-refractivity contribution in [2.45, 2.75) is 75.0 Å². The summed E-state index contributed by atoms with van der Waals surface area (Å²) >= 11 is 0. The Kier molecular flexibility index (Phi) is 19.9. The first-order valence-electron chi connectivity index (χ1n) is 40.3. The number of nitrogens with zero attached hydrogens (tertiary/aromatic N) is 4. The Morgan fingerprint density at radius 2 is 0.417 bits per heavy atom. The molecule has 0 bridgehead atoms.